The number of fused-ring (bicyclic) bond motifs is 2. The maximum absolute atomic E-state index is 4.61. The lowest BCUT2D eigenvalue weighted by atomic mass is 10.1. The monoisotopic (exact) mass is 354 g/mol. The quantitative estimate of drug-likeness (QED) is 0.502. The van der Waals surface area contributed by atoms with E-state index in [9.17, 15) is 0 Å². The van der Waals surface area contributed by atoms with Gasteiger partial charge in [-0.2, -0.15) is 14.6 Å². The number of nitrogens with one attached hydrogen (secondary N) is 2. The van der Waals surface area contributed by atoms with Gasteiger partial charge in [0.15, 0.2) is 0 Å². The first-order valence-electron chi connectivity index (χ1n) is 8.93. The van der Waals surface area contributed by atoms with Gasteiger partial charge in [0, 0.05) is 35.3 Å². The summed E-state index contributed by atoms with van der Waals surface area (Å²) in [6.07, 6.45) is 4.52. The van der Waals surface area contributed by atoms with Gasteiger partial charge in [-0.25, -0.2) is 4.98 Å². The van der Waals surface area contributed by atoms with E-state index in [1.54, 1.807) is 4.52 Å². The van der Waals surface area contributed by atoms with E-state index < -0.39 is 0 Å². The van der Waals surface area contributed by atoms with Crippen molar-refractivity contribution >= 4 is 22.5 Å². The van der Waals surface area contributed by atoms with Gasteiger partial charge in [-0.15, -0.1) is 0 Å². The fraction of sp³-hybridized carbons (Fsp3) is 0.0952. The molecule has 132 valence electrons. The second kappa shape index (κ2) is 6.57. The largest absolute Gasteiger partial charge is 0.370 e. The first-order valence-corrected chi connectivity index (χ1v) is 8.93. The molecule has 0 fully saturated rings. The molecule has 2 aromatic carbocycles. The summed E-state index contributed by atoms with van der Waals surface area (Å²) in [6, 6.07) is 20.5. The Morgan fingerprint density at radius 1 is 1.00 bits per heavy atom. The molecule has 0 atom stereocenters. The molecule has 0 bridgehead atoms. The lowest BCUT2D eigenvalue weighted by molar-refractivity contribution is 0.916. The molecule has 0 saturated carbocycles. The summed E-state index contributed by atoms with van der Waals surface area (Å²) in [5, 5.41) is 9.06. The van der Waals surface area contributed by atoms with E-state index in [1.165, 1.54) is 22.8 Å². The topological polar surface area (TPSA) is 70.9 Å². The van der Waals surface area contributed by atoms with Gasteiger partial charge in [0.1, 0.15) is 12.1 Å². The minimum atomic E-state index is 0.589. The second-order valence-electron chi connectivity index (χ2n) is 6.40. The van der Waals surface area contributed by atoms with E-state index in [-0.39, 0.29) is 0 Å². The van der Waals surface area contributed by atoms with Gasteiger partial charge < -0.3 is 10.3 Å². The van der Waals surface area contributed by atoms with Crippen LogP contribution in [0, 0.1) is 0 Å². The minimum Gasteiger partial charge on any atom is -0.370 e. The van der Waals surface area contributed by atoms with Crippen LogP contribution in [0.5, 0.6) is 0 Å². The number of para-hydroxylation sites is 1. The van der Waals surface area contributed by atoms with E-state index in [0.717, 1.165) is 30.0 Å². The van der Waals surface area contributed by atoms with E-state index in [2.05, 4.69) is 49.8 Å². The van der Waals surface area contributed by atoms with Crippen LogP contribution in [0.4, 0.5) is 5.82 Å². The van der Waals surface area contributed by atoms with Crippen molar-refractivity contribution in [2.24, 2.45) is 0 Å². The third-order valence-electron chi connectivity index (χ3n) is 4.70. The minimum absolute atomic E-state index is 0.589. The van der Waals surface area contributed by atoms with Crippen LogP contribution >= 0.6 is 0 Å². The molecular formula is C21H18N6. The Morgan fingerprint density at radius 2 is 1.85 bits per heavy atom. The van der Waals surface area contributed by atoms with E-state index in [0.29, 0.717) is 5.78 Å². The Morgan fingerprint density at radius 3 is 2.78 bits per heavy atom. The number of rotatable bonds is 5. The van der Waals surface area contributed by atoms with Crippen molar-refractivity contribution in [2.45, 2.75) is 6.42 Å². The normalized spacial score (nSPS) is 11.3. The zero-order chi connectivity index (χ0) is 18.1. The van der Waals surface area contributed by atoms with Crippen LogP contribution in [0.1, 0.15) is 5.56 Å². The van der Waals surface area contributed by atoms with Crippen molar-refractivity contribution in [1.82, 2.24) is 24.6 Å². The zero-order valence-corrected chi connectivity index (χ0v) is 14.6. The molecule has 0 saturated heterocycles. The van der Waals surface area contributed by atoms with Crippen molar-refractivity contribution in [3.8, 4) is 11.3 Å². The first kappa shape index (κ1) is 15.6. The maximum Gasteiger partial charge on any atom is 0.254 e. The zero-order valence-electron chi connectivity index (χ0n) is 14.6. The maximum atomic E-state index is 4.61. The van der Waals surface area contributed by atoms with Crippen LogP contribution < -0.4 is 5.32 Å². The summed E-state index contributed by atoms with van der Waals surface area (Å²) in [6.45, 7) is 0.787. The van der Waals surface area contributed by atoms with Gasteiger partial charge in [0.25, 0.3) is 5.78 Å². The molecule has 0 spiro atoms. The summed E-state index contributed by atoms with van der Waals surface area (Å²) in [4.78, 5) is 12.2. The highest BCUT2D eigenvalue weighted by Gasteiger charge is 2.09. The highest BCUT2D eigenvalue weighted by Crippen LogP contribution is 2.22. The average molecular weight is 354 g/mol. The molecule has 3 heterocycles. The molecule has 0 aliphatic rings. The average Bonchev–Trinajstić information content (AvgIpc) is 3.36. The van der Waals surface area contributed by atoms with E-state index in [4.69, 9.17) is 0 Å². The summed E-state index contributed by atoms with van der Waals surface area (Å²) in [5.74, 6) is 1.47. The number of hydrogen-bond donors (Lipinski definition) is 2. The molecule has 0 amide bonds. The van der Waals surface area contributed by atoms with Gasteiger partial charge in [-0.3, -0.25) is 0 Å². The molecule has 2 N–H and O–H groups in total. The van der Waals surface area contributed by atoms with Gasteiger partial charge in [-0.05, 0) is 18.1 Å². The fourth-order valence-electron chi connectivity index (χ4n) is 3.36. The number of hydrogen-bond acceptors (Lipinski definition) is 4. The summed E-state index contributed by atoms with van der Waals surface area (Å²) < 4.78 is 1.74. The third-order valence-corrected chi connectivity index (χ3v) is 4.70. The van der Waals surface area contributed by atoms with Gasteiger partial charge in [-0.1, -0.05) is 48.5 Å². The Bertz CT molecular complexity index is 1210. The van der Waals surface area contributed by atoms with Crippen LogP contribution in [0.3, 0.4) is 0 Å². The SMILES string of the molecule is c1ccc(-c2cc(NCCc3c[nH]c4ccccc34)n3ncnc3n2)cc1. The number of nitrogens with zero attached hydrogens (tertiary/aromatic N) is 4. The molecule has 0 radical (unpaired) electrons. The molecule has 0 unspecified atom stereocenters. The molecule has 6 heteroatoms. The highest BCUT2D eigenvalue weighted by molar-refractivity contribution is 5.83. The van der Waals surface area contributed by atoms with Crippen LogP contribution in [-0.2, 0) is 6.42 Å². The standard InChI is InChI=1S/C21H18N6/c1-2-6-15(7-3-1)19-12-20(27-21(26-19)24-14-25-27)22-11-10-16-13-23-18-9-5-4-8-17(16)18/h1-9,12-14,22-23H,10-11H2. The summed E-state index contributed by atoms with van der Waals surface area (Å²) >= 11 is 0. The van der Waals surface area contributed by atoms with E-state index in [1.807, 2.05) is 42.5 Å². The Balaban J connectivity index is 1.42. The fourth-order valence-corrected chi connectivity index (χ4v) is 3.36. The summed E-state index contributed by atoms with van der Waals surface area (Å²) in [7, 11) is 0. The summed E-state index contributed by atoms with van der Waals surface area (Å²) in [5.41, 5.74) is 4.40. The molecule has 27 heavy (non-hydrogen) atoms. The Kier molecular flexibility index (Phi) is 3.79. The molecule has 3 aromatic heterocycles. The third kappa shape index (κ3) is 2.91. The lowest BCUT2D eigenvalue weighted by Crippen LogP contribution is -2.10. The Hall–Kier alpha value is -3.67. The molecule has 6 nitrogen and oxygen atoms in total. The molecule has 0 aliphatic carbocycles. The molecule has 0 aliphatic heterocycles. The number of anilines is 1. The van der Waals surface area contributed by atoms with Crippen LogP contribution in [0.15, 0.2) is 73.2 Å². The van der Waals surface area contributed by atoms with Gasteiger partial charge in [0.2, 0.25) is 0 Å². The van der Waals surface area contributed by atoms with Crippen molar-refractivity contribution in [3.05, 3.63) is 78.8 Å². The van der Waals surface area contributed by atoms with Crippen molar-refractivity contribution in [3.63, 3.8) is 0 Å². The molecule has 5 rings (SSSR count). The first-order chi connectivity index (χ1) is 13.4. The number of benzene rings is 2. The number of H-pyrrole nitrogens is 1. The smallest absolute Gasteiger partial charge is 0.254 e. The van der Waals surface area contributed by atoms with Gasteiger partial charge >= 0.3 is 0 Å². The van der Waals surface area contributed by atoms with Crippen molar-refractivity contribution in [1.29, 1.82) is 0 Å². The van der Waals surface area contributed by atoms with Gasteiger partial charge in [0.05, 0.1) is 5.69 Å². The van der Waals surface area contributed by atoms with Crippen LogP contribution in [0.25, 0.3) is 27.9 Å². The predicted molar refractivity (Wildman–Crippen MR) is 107 cm³/mol. The number of aromatic amines is 1. The molecule has 5 aromatic rings. The highest BCUT2D eigenvalue weighted by atomic mass is 15.3. The lowest BCUT2D eigenvalue weighted by Gasteiger charge is -2.10. The van der Waals surface area contributed by atoms with Crippen LogP contribution in [0.2, 0.25) is 0 Å². The van der Waals surface area contributed by atoms with Crippen molar-refractivity contribution < 1.29 is 0 Å². The Labute approximate surface area is 155 Å². The van der Waals surface area contributed by atoms with E-state index >= 15 is 0 Å². The van der Waals surface area contributed by atoms with Crippen LogP contribution in [-0.4, -0.2) is 31.1 Å². The van der Waals surface area contributed by atoms with Crippen molar-refractivity contribution in [2.75, 3.05) is 11.9 Å². The second-order valence-corrected chi connectivity index (χ2v) is 6.40. The molecular weight excluding hydrogens is 336 g/mol. The predicted octanol–water partition coefficient (Wildman–Crippen LogP) is 3.93. The number of aromatic nitrogens is 5.